The fraction of sp³-hybridized carbons (Fsp3) is 0.476. The Kier molecular flexibility index (Phi) is 6.32. The van der Waals surface area contributed by atoms with Crippen LogP contribution in [0.5, 0.6) is 0 Å². The SMILES string of the molecule is Cl.NC1CCC(NC2CC2c2ccc(-c3cccc(C(F)(F)F)c3)nc2)CC1. The second-order valence-electron chi connectivity index (χ2n) is 7.78. The molecule has 2 aliphatic rings. The fourth-order valence-electron chi connectivity index (χ4n) is 3.99. The first-order valence-electron chi connectivity index (χ1n) is 9.55. The summed E-state index contributed by atoms with van der Waals surface area (Å²) in [6, 6.07) is 10.5. The Morgan fingerprint density at radius 2 is 1.79 bits per heavy atom. The molecule has 1 heterocycles. The normalized spacial score (nSPS) is 27.1. The first-order valence-corrected chi connectivity index (χ1v) is 9.55. The highest BCUT2D eigenvalue weighted by atomic mass is 35.5. The van der Waals surface area contributed by atoms with Crippen LogP contribution in [0.3, 0.4) is 0 Å². The number of aromatic nitrogens is 1. The van der Waals surface area contributed by atoms with E-state index in [-0.39, 0.29) is 12.4 Å². The molecule has 0 spiro atoms. The van der Waals surface area contributed by atoms with Crippen molar-refractivity contribution >= 4 is 12.4 Å². The average Bonchev–Trinajstić information content (AvgIpc) is 3.42. The quantitative estimate of drug-likeness (QED) is 0.752. The number of pyridine rings is 1. The molecule has 2 aliphatic carbocycles. The summed E-state index contributed by atoms with van der Waals surface area (Å²) in [4.78, 5) is 4.41. The molecule has 2 atom stereocenters. The van der Waals surface area contributed by atoms with E-state index in [4.69, 9.17) is 5.73 Å². The van der Waals surface area contributed by atoms with Gasteiger partial charge in [0, 0.05) is 35.8 Å². The number of nitrogens with one attached hydrogen (secondary N) is 1. The van der Waals surface area contributed by atoms with E-state index in [1.54, 1.807) is 12.3 Å². The van der Waals surface area contributed by atoms with Crippen molar-refractivity contribution in [3.63, 3.8) is 0 Å². The molecule has 2 unspecified atom stereocenters. The number of rotatable bonds is 4. The molecule has 4 rings (SSSR count). The van der Waals surface area contributed by atoms with E-state index in [2.05, 4.69) is 10.3 Å². The highest BCUT2D eigenvalue weighted by Gasteiger charge is 2.40. The monoisotopic (exact) mass is 411 g/mol. The molecule has 0 amide bonds. The van der Waals surface area contributed by atoms with Crippen LogP contribution in [-0.2, 0) is 6.18 Å². The zero-order valence-electron chi connectivity index (χ0n) is 15.5. The van der Waals surface area contributed by atoms with Crippen molar-refractivity contribution in [2.24, 2.45) is 5.73 Å². The van der Waals surface area contributed by atoms with Crippen molar-refractivity contribution in [3.8, 4) is 11.3 Å². The summed E-state index contributed by atoms with van der Waals surface area (Å²) < 4.78 is 38.7. The third-order valence-electron chi connectivity index (χ3n) is 5.71. The molecule has 0 aliphatic heterocycles. The molecular formula is C21H25ClF3N3. The predicted molar refractivity (Wildman–Crippen MR) is 106 cm³/mol. The standard InChI is InChI=1S/C21H24F3N3.ClH/c22-21(23,24)15-3-1-2-13(10-15)19-9-4-14(12-26-19)18-11-20(18)27-17-7-5-16(25)6-8-17;/h1-4,9-10,12,16-18,20,27H,5-8,11,25H2;1H. The molecule has 3 nitrogen and oxygen atoms in total. The van der Waals surface area contributed by atoms with Gasteiger partial charge in [-0.3, -0.25) is 4.98 Å². The number of hydrogen-bond donors (Lipinski definition) is 2. The minimum absolute atomic E-state index is 0. The van der Waals surface area contributed by atoms with Crippen molar-refractivity contribution in [1.82, 2.24) is 10.3 Å². The number of nitrogens with zero attached hydrogens (tertiary/aromatic N) is 1. The lowest BCUT2D eigenvalue weighted by Crippen LogP contribution is -2.38. The van der Waals surface area contributed by atoms with E-state index in [1.165, 1.54) is 6.07 Å². The van der Waals surface area contributed by atoms with Gasteiger partial charge in [-0.05, 0) is 55.9 Å². The average molecular weight is 412 g/mol. The molecule has 28 heavy (non-hydrogen) atoms. The van der Waals surface area contributed by atoms with Crippen LogP contribution in [-0.4, -0.2) is 23.1 Å². The van der Waals surface area contributed by atoms with Gasteiger partial charge in [-0.1, -0.05) is 18.2 Å². The Morgan fingerprint density at radius 3 is 2.43 bits per heavy atom. The van der Waals surface area contributed by atoms with Crippen molar-refractivity contribution in [3.05, 3.63) is 53.7 Å². The number of halogens is 4. The van der Waals surface area contributed by atoms with E-state index in [0.717, 1.165) is 49.8 Å². The molecule has 2 saturated carbocycles. The van der Waals surface area contributed by atoms with Crippen molar-refractivity contribution in [1.29, 1.82) is 0 Å². The van der Waals surface area contributed by atoms with Gasteiger partial charge in [0.2, 0.25) is 0 Å². The Bertz CT molecular complexity index is 786. The molecule has 3 N–H and O–H groups in total. The number of benzene rings is 1. The molecule has 0 radical (unpaired) electrons. The largest absolute Gasteiger partial charge is 0.416 e. The highest BCUT2D eigenvalue weighted by Crippen LogP contribution is 2.42. The van der Waals surface area contributed by atoms with Gasteiger partial charge < -0.3 is 11.1 Å². The minimum Gasteiger partial charge on any atom is -0.328 e. The van der Waals surface area contributed by atoms with Gasteiger partial charge in [-0.2, -0.15) is 13.2 Å². The first kappa shape index (κ1) is 21.1. The number of alkyl halides is 3. The molecule has 0 saturated heterocycles. The van der Waals surface area contributed by atoms with Gasteiger partial charge in [0.15, 0.2) is 0 Å². The molecule has 2 fully saturated rings. The van der Waals surface area contributed by atoms with Crippen molar-refractivity contribution < 1.29 is 13.2 Å². The highest BCUT2D eigenvalue weighted by molar-refractivity contribution is 5.85. The summed E-state index contributed by atoms with van der Waals surface area (Å²) in [6.07, 6.45) is 3.00. The molecule has 1 aromatic heterocycles. The maximum Gasteiger partial charge on any atom is 0.416 e. The molecule has 7 heteroatoms. The summed E-state index contributed by atoms with van der Waals surface area (Å²) >= 11 is 0. The Morgan fingerprint density at radius 1 is 1.04 bits per heavy atom. The summed E-state index contributed by atoms with van der Waals surface area (Å²) in [5, 5.41) is 3.72. The van der Waals surface area contributed by atoms with Crippen LogP contribution in [0.4, 0.5) is 13.2 Å². The summed E-state index contributed by atoms with van der Waals surface area (Å²) in [6.45, 7) is 0. The van der Waals surface area contributed by atoms with Crippen molar-refractivity contribution in [2.45, 2.75) is 62.3 Å². The second kappa shape index (κ2) is 8.39. The topological polar surface area (TPSA) is 50.9 Å². The zero-order valence-corrected chi connectivity index (χ0v) is 16.3. The lowest BCUT2D eigenvalue weighted by atomic mass is 9.92. The van der Waals surface area contributed by atoms with Crippen LogP contribution in [0, 0.1) is 0 Å². The maximum absolute atomic E-state index is 12.9. The van der Waals surface area contributed by atoms with Gasteiger partial charge in [0.1, 0.15) is 0 Å². The van der Waals surface area contributed by atoms with Crippen LogP contribution in [0.2, 0.25) is 0 Å². The lowest BCUT2D eigenvalue weighted by Gasteiger charge is -2.27. The van der Waals surface area contributed by atoms with Gasteiger partial charge in [0.05, 0.1) is 11.3 Å². The molecular weight excluding hydrogens is 387 g/mol. The Balaban J connectivity index is 0.00000225. The lowest BCUT2D eigenvalue weighted by molar-refractivity contribution is -0.137. The van der Waals surface area contributed by atoms with Gasteiger partial charge in [0.25, 0.3) is 0 Å². The maximum atomic E-state index is 12.9. The van der Waals surface area contributed by atoms with Gasteiger partial charge >= 0.3 is 6.18 Å². The predicted octanol–water partition coefficient (Wildman–Crippen LogP) is 4.90. The molecule has 2 aromatic rings. The zero-order chi connectivity index (χ0) is 19.0. The summed E-state index contributed by atoms with van der Waals surface area (Å²) in [7, 11) is 0. The summed E-state index contributed by atoms with van der Waals surface area (Å²) in [5.74, 6) is 0.448. The van der Waals surface area contributed by atoms with E-state index in [0.29, 0.717) is 35.3 Å². The first-order chi connectivity index (χ1) is 12.9. The molecule has 0 bridgehead atoms. The third-order valence-corrected chi connectivity index (χ3v) is 5.71. The third kappa shape index (κ3) is 4.85. The van der Waals surface area contributed by atoms with E-state index >= 15 is 0 Å². The van der Waals surface area contributed by atoms with E-state index in [9.17, 15) is 13.2 Å². The van der Waals surface area contributed by atoms with E-state index < -0.39 is 11.7 Å². The molecule has 152 valence electrons. The van der Waals surface area contributed by atoms with Crippen LogP contribution in [0.25, 0.3) is 11.3 Å². The number of nitrogens with two attached hydrogens (primary N) is 1. The van der Waals surface area contributed by atoms with Gasteiger partial charge in [-0.25, -0.2) is 0 Å². The van der Waals surface area contributed by atoms with Crippen LogP contribution in [0.15, 0.2) is 42.6 Å². The van der Waals surface area contributed by atoms with Crippen molar-refractivity contribution in [2.75, 3.05) is 0 Å². The van der Waals surface area contributed by atoms with Gasteiger partial charge in [-0.15, -0.1) is 12.4 Å². The smallest absolute Gasteiger partial charge is 0.328 e. The van der Waals surface area contributed by atoms with E-state index in [1.807, 2.05) is 12.1 Å². The fourth-order valence-corrected chi connectivity index (χ4v) is 3.99. The second-order valence-corrected chi connectivity index (χ2v) is 7.78. The Hall–Kier alpha value is -1.63. The van der Waals surface area contributed by atoms with Crippen LogP contribution in [0.1, 0.15) is 49.1 Å². The minimum atomic E-state index is -4.34. The van der Waals surface area contributed by atoms with Crippen LogP contribution >= 0.6 is 12.4 Å². The summed E-state index contributed by atoms with van der Waals surface area (Å²) in [5.41, 5.74) is 7.51. The molecule has 1 aromatic carbocycles. The van der Waals surface area contributed by atoms with Crippen LogP contribution < -0.4 is 11.1 Å². The number of hydrogen-bond acceptors (Lipinski definition) is 3. The Labute approximate surface area is 169 Å².